The minimum atomic E-state index is -1.07. The molecule has 3 aromatic rings. The van der Waals surface area contributed by atoms with Crippen molar-refractivity contribution in [2.45, 2.75) is 19.8 Å². The van der Waals surface area contributed by atoms with Gasteiger partial charge < -0.3 is 10.6 Å². The molecule has 0 atom stereocenters. The molecule has 29 heavy (non-hydrogen) atoms. The summed E-state index contributed by atoms with van der Waals surface area (Å²) >= 11 is 0. The number of pyridine rings is 1. The van der Waals surface area contributed by atoms with Crippen LogP contribution in [0.2, 0.25) is 0 Å². The standard InChI is InChI=1S/C22H19F2N3O2/c1-13(2)16-5-3-4-6-19(16)27-22(29)20-11-14(9-10-25-20)21(28)26-15-7-8-17(23)18(24)12-15/h3-13H,1-2H3,(H,26,28)(H,27,29). The lowest BCUT2D eigenvalue weighted by Gasteiger charge is -2.13. The van der Waals surface area contributed by atoms with Crippen molar-refractivity contribution < 1.29 is 18.4 Å². The van der Waals surface area contributed by atoms with Gasteiger partial charge in [0.25, 0.3) is 11.8 Å². The first kappa shape index (κ1) is 20.1. The van der Waals surface area contributed by atoms with E-state index in [-0.39, 0.29) is 22.9 Å². The maximum absolute atomic E-state index is 13.3. The van der Waals surface area contributed by atoms with Crippen LogP contribution < -0.4 is 10.6 Å². The predicted octanol–water partition coefficient (Wildman–Crippen LogP) is 4.99. The zero-order chi connectivity index (χ0) is 21.0. The predicted molar refractivity (Wildman–Crippen MR) is 107 cm³/mol. The van der Waals surface area contributed by atoms with Gasteiger partial charge in [0, 0.05) is 29.2 Å². The molecule has 3 rings (SSSR count). The van der Waals surface area contributed by atoms with Crippen LogP contribution in [0, 0.1) is 11.6 Å². The van der Waals surface area contributed by atoms with Crippen LogP contribution in [0.5, 0.6) is 0 Å². The quantitative estimate of drug-likeness (QED) is 0.640. The second-order valence-electron chi connectivity index (χ2n) is 6.71. The van der Waals surface area contributed by atoms with Crippen molar-refractivity contribution in [1.82, 2.24) is 4.98 Å². The Morgan fingerprint density at radius 3 is 2.38 bits per heavy atom. The van der Waals surface area contributed by atoms with Crippen molar-refractivity contribution in [2.75, 3.05) is 10.6 Å². The molecule has 0 saturated heterocycles. The van der Waals surface area contributed by atoms with Crippen LogP contribution in [-0.4, -0.2) is 16.8 Å². The highest BCUT2D eigenvalue weighted by Crippen LogP contribution is 2.24. The van der Waals surface area contributed by atoms with Crippen molar-refractivity contribution in [3.8, 4) is 0 Å². The number of carbonyl (C=O) groups excluding carboxylic acids is 2. The first-order valence-corrected chi connectivity index (χ1v) is 8.98. The van der Waals surface area contributed by atoms with Gasteiger partial charge in [-0.2, -0.15) is 0 Å². The number of aromatic nitrogens is 1. The van der Waals surface area contributed by atoms with Gasteiger partial charge in [-0.15, -0.1) is 0 Å². The van der Waals surface area contributed by atoms with Crippen LogP contribution in [0.15, 0.2) is 60.8 Å². The van der Waals surface area contributed by atoms with E-state index in [0.29, 0.717) is 5.69 Å². The summed E-state index contributed by atoms with van der Waals surface area (Å²) < 4.78 is 26.3. The molecule has 0 saturated carbocycles. The Balaban J connectivity index is 1.77. The minimum absolute atomic E-state index is 0.0569. The molecule has 0 radical (unpaired) electrons. The number of hydrogen-bond donors (Lipinski definition) is 2. The zero-order valence-corrected chi connectivity index (χ0v) is 15.9. The summed E-state index contributed by atoms with van der Waals surface area (Å²) in [6.07, 6.45) is 1.34. The lowest BCUT2D eigenvalue weighted by Crippen LogP contribution is -2.17. The molecule has 0 aliphatic carbocycles. The molecule has 0 aliphatic rings. The van der Waals surface area contributed by atoms with E-state index in [1.165, 1.54) is 24.4 Å². The van der Waals surface area contributed by atoms with Gasteiger partial charge in [0.2, 0.25) is 0 Å². The van der Waals surface area contributed by atoms with Crippen LogP contribution >= 0.6 is 0 Å². The van der Waals surface area contributed by atoms with Gasteiger partial charge in [-0.25, -0.2) is 8.78 Å². The molecule has 7 heteroatoms. The highest BCUT2D eigenvalue weighted by Gasteiger charge is 2.15. The Morgan fingerprint density at radius 2 is 1.66 bits per heavy atom. The highest BCUT2D eigenvalue weighted by molar-refractivity contribution is 6.08. The SMILES string of the molecule is CC(C)c1ccccc1NC(=O)c1cc(C(=O)Nc2ccc(F)c(F)c2)ccn1. The third kappa shape index (κ3) is 4.82. The molecule has 0 aliphatic heterocycles. The molecule has 2 amide bonds. The summed E-state index contributed by atoms with van der Waals surface area (Å²) in [5, 5.41) is 5.27. The number of benzene rings is 2. The van der Waals surface area contributed by atoms with Crippen LogP contribution in [0.25, 0.3) is 0 Å². The average Bonchev–Trinajstić information content (AvgIpc) is 2.71. The van der Waals surface area contributed by atoms with Crippen molar-refractivity contribution in [2.24, 2.45) is 0 Å². The monoisotopic (exact) mass is 395 g/mol. The summed E-state index contributed by atoms with van der Waals surface area (Å²) in [5.74, 6) is -2.89. The largest absolute Gasteiger partial charge is 0.322 e. The number of hydrogen-bond acceptors (Lipinski definition) is 3. The fourth-order valence-corrected chi connectivity index (χ4v) is 2.77. The van der Waals surface area contributed by atoms with Crippen LogP contribution in [0.3, 0.4) is 0 Å². The van der Waals surface area contributed by atoms with Crippen LogP contribution in [0.4, 0.5) is 20.2 Å². The van der Waals surface area contributed by atoms with Crippen molar-refractivity contribution in [1.29, 1.82) is 0 Å². The molecule has 1 heterocycles. The van der Waals surface area contributed by atoms with Gasteiger partial charge in [-0.1, -0.05) is 32.0 Å². The number of halogens is 2. The van der Waals surface area contributed by atoms with Crippen LogP contribution in [-0.2, 0) is 0 Å². The molecular weight excluding hydrogens is 376 g/mol. The van der Waals surface area contributed by atoms with Gasteiger partial charge in [0.05, 0.1) is 0 Å². The Morgan fingerprint density at radius 1 is 0.897 bits per heavy atom. The molecule has 0 spiro atoms. The van der Waals surface area contributed by atoms with Crippen molar-refractivity contribution >= 4 is 23.2 Å². The van der Waals surface area contributed by atoms with Gasteiger partial charge in [0.1, 0.15) is 5.69 Å². The number of nitrogens with zero attached hydrogens (tertiary/aromatic N) is 1. The number of amides is 2. The summed E-state index contributed by atoms with van der Waals surface area (Å²) in [7, 11) is 0. The fourth-order valence-electron chi connectivity index (χ4n) is 2.77. The first-order valence-electron chi connectivity index (χ1n) is 8.98. The third-order valence-corrected chi connectivity index (χ3v) is 4.26. The second-order valence-corrected chi connectivity index (χ2v) is 6.71. The molecule has 2 aromatic carbocycles. The maximum atomic E-state index is 13.3. The fraction of sp³-hybridized carbons (Fsp3) is 0.136. The summed E-state index contributed by atoms with van der Waals surface area (Å²) in [5.41, 5.74) is 1.97. The Kier molecular flexibility index (Phi) is 5.97. The van der Waals surface area contributed by atoms with E-state index in [1.807, 2.05) is 32.0 Å². The van der Waals surface area contributed by atoms with E-state index < -0.39 is 23.4 Å². The average molecular weight is 395 g/mol. The van der Waals surface area contributed by atoms with E-state index in [2.05, 4.69) is 15.6 Å². The highest BCUT2D eigenvalue weighted by atomic mass is 19.2. The lowest BCUT2D eigenvalue weighted by molar-refractivity contribution is 0.102. The Bertz CT molecular complexity index is 1070. The van der Waals surface area contributed by atoms with E-state index in [1.54, 1.807) is 6.07 Å². The van der Waals surface area contributed by atoms with Gasteiger partial charge in [0.15, 0.2) is 11.6 Å². The van der Waals surface area contributed by atoms with E-state index in [0.717, 1.165) is 17.7 Å². The molecule has 148 valence electrons. The Labute approximate surface area is 166 Å². The van der Waals surface area contributed by atoms with Crippen molar-refractivity contribution in [3.63, 3.8) is 0 Å². The van der Waals surface area contributed by atoms with E-state index in [4.69, 9.17) is 0 Å². The minimum Gasteiger partial charge on any atom is -0.322 e. The molecule has 0 unspecified atom stereocenters. The van der Waals surface area contributed by atoms with Gasteiger partial charge in [-0.3, -0.25) is 14.6 Å². The summed E-state index contributed by atoms with van der Waals surface area (Å²) in [6.45, 7) is 4.04. The summed E-state index contributed by atoms with van der Waals surface area (Å²) in [4.78, 5) is 29.0. The number of rotatable bonds is 5. The van der Waals surface area contributed by atoms with Gasteiger partial charge in [-0.05, 0) is 41.8 Å². The molecular formula is C22H19F2N3O2. The van der Waals surface area contributed by atoms with Crippen molar-refractivity contribution in [3.05, 3.63) is 89.2 Å². The zero-order valence-electron chi connectivity index (χ0n) is 15.9. The molecule has 0 fully saturated rings. The number of carbonyl (C=O) groups is 2. The Hall–Kier alpha value is -3.61. The lowest BCUT2D eigenvalue weighted by atomic mass is 10.0. The smallest absolute Gasteiger partial charge is 0.274 e. The maximum Gasteiger partial charge on any atom is 0.274 e. The normalized spacial score (nSPS) is 10.7. The topological polar surface area (TPSA) is 71.1 Å². The number of para-hydroxylation sites is 1. The molecule has 2 N–H and O–H groups in total. The van der Waals surface area contributed by atoms with Crippen LogP contribution in [0.1, 0.15) is 46.2 Å². The van der Waals surface area contributed by atoms with Gasteiger partial charge >= 0.3 is 0 Å². The molecule has 0 bridgehead atoms. The number of anilines is 2. The first-order chi connectivity index (χ1) is 13.8. The van der Waals surface area contributed by atoms with E-state index >= 15 is 0 Å². The number of nitrogens with one attached hydrogen (secondary N) is 2. The molecule has 5 nitrogen and oxygen atoms in total. The second kappa shape index (κ2) is 8.60. The third-order valence-electron chi connectivity index (χ3n) is 4.26. The summed E-state index contributed by atoms with van der Waals surface area (Å²) in [6, 6.07) is 13.2. The molecule has 1 aromatic heterocycles. The van der Waals surface area contributed by atoms with E-state index in [9.17, 15) is 18.4 Å².